The monoisotopic (exact) mass is 189 g/mol. The van der Waals surface area contributed by atoms with Crippen LogP contribution < -0.4 is 5.73 Å². The average Bonchev–Trinajstić information content (AvgIpc) is 2.61. The second-order valence-electron chi connectivity index (χ2n) is 2.96. The van der Waals surface area contributed by atoms with Crippen molar-refractivity contribution in [2.24, 2.45) is 5.73 Å². The fourth-order valence-electron chi connectivity index (χ4n) is 1.31. The van der Waals surface area contributed by atoms with Crippen molar-refractivity contribution in [3.05, 3.63) is 36.1 Å². The van der Waals surface area contributed by atoms with Crippen LogP contribution >= 0.6 is 0 Å². The van der Waals surface area contributed by atoms with Crippen LogP contribution in [-0.4, -0.2) is 9.97 Å². The molecule has 0 saturated heterocycles. The first kappa shape index (κ1) is 8.90. The second kappa shape index (κ2) is 3.59. The summed E-state index contributed by atoms with van der Waals surface area (Å²) in [4.78, 5) is 8.13. The lowest BCUT2D eigenvalue weighted by Crippen LogP contribution is -1.95. The van der Waals surface area contributed by atoms with Gasteiger partial charge in [-0.05, 0) is 19.1 Å². The van der Waals surface area contributed by atoms with Gasteiger partial charge in [-0.15, -0.1) is 0 Å². The van der Waals surface area contributed by atoms with E-state index in [1.807, 2.05) is 19.1 Å². The highest BCUT2D eigenvalue weighted by Gasteiger charge is 2.09. The summed E-state index contributed by atoms with van der Waals surface area (Å²) >= 11 is 0. The molecule has 0 atom stereocenters. The maximum Gasteiger partial charge on any atom is 0.208 e. The maximum absolute atomic E-state index is 5.49. The minimum Gasteiger partial charge on any atom is -0.439 e. The van der Waals surface area contributed by atoms with Crippen LogP contribution in [0.25, 0.3) is 11.3 Å². The normalized spacial score (nSPS) is 10.4. The second-order valence-corrected chi connectivity index (χ2v) is 2.96. The highest BCUT2D eigenvalue weighted by atomic mass is 16.4. The summed E-state index contributed by atoms with van der Waals surface area (Å²) in [6.07, 6.45) is 3.44. The van der Waals surface area contributed by atoms with Crippen molar-refractivity contribution in [2.75, 3.05) is 0 Å². The number of rotatable bonds is 2. The van der Waals surface area contributed by atoms with Gasteiger partial charge in [0.25, 0.3) is 0 Å². The predicted octanol–water partition coefficient (Wildman–Crippen LogP) is 1.50. The Morgan fingerprint density at radius 3 is 2.64 bits per heavy atom. The third kappa shape index (κ3) is 1.52. The van der Waals surface area contributed by atoms with Crippen molar-refractivity contribution in [3.63, 3.8) is 0 Å². The number of nitrogens with zero attached hydrogens (tertiary/aromatic N) is 2. The number of aryl methyl sites for hydroxylation is 1. The lowest BCUT2D eigenvalue weighted by Gasteiger charge is -1.95. The highest BCUT2D eigenvalue weighted by molar-refractivity contribution is 5.58. The number of pyridine rings is 1. The number of hydrogen-bond donors (Lipinski definition) is 1. The molecule has 4 nitrogen and oxygen atoms in total. The van der Waals surface area contributed by atoms with Gasteiger partial charge in [-0.25, -0.2) is 4.98 Å². The van der Waals surface area contributed by atoms with Gasteiger partial charge >= 0.3 is 0 Å². The third-order valence-electron chi connectivity index (χ3n) is 1.96. The van der Waals surface area contributed by atoms with Crippen LogP contribution in [0.5, 0.6) is 0 Å². The molecular weight excluding hydrogens is 178 g/mol. The van der Waals surface area contributed by atoms with E-state index in [1.165, 1.54) is 0 Å². The molecule has 0 spiro atoms. The van der Waals surface area contributed by atoms with Crippen molar-refractivity contribution in [2.45, 2.75) is 13.5 Å². The SMILES string of the molecule is Cc1nc(CN)oc1-c1ccncc1. The van der Waals surface area contributed by atoms with Gasteiger partial charge in [0.1, 0.15) is 0 Å². The van der Waals surface area contributed by atoms with Gasteiger partial charge in [0.05, 0.1) is 12.2 Å². The van der Waals surface area contributed by atoms with Crippen LogP contribution in [-0.2, 0) is 6.54 Å². The number of hydrogen-bond acceptors (Lipinski definition) is 4. The fraction of sp³-hybridized carbons (Fsp3) is 0.200. The van der Waals surface area contributed by atoms with Gasteiger partial charge < -0.3 is 10.2 Å². The minimum absolute atomic E-state index is 0.325. The highest BCUT2D eigenvalue weighted by Crippen LogP contribution is 2.23. The summed E-state index contributed by atoms with van der Waals surface area (Å²) in [5.41, 5.74) is 7.28. The van der Waals surface area contributed by atoms with Crippen molar-refractivity contribution in [1.29, 1.82) is 0 Å². The van der Waals surface area contributed by atoms with Crippen molar-refractivity contribution in [3.8, 4) is 11.3 Å². The zero-order chi connectivity index (χ0) is 9.97. The van der Waals surface area contributed by atoms with E-state index in [4.69, 9.17) is 10.2 Å². The molecule has 0 aliphatic carbocycles. The van der Waals surface area contributed by atoms with Crippen LogP contribution in [0.4, 0.5) is 0 Å². The van der Waals surface area contributed by atoms with E-state index < -0.39 is 0 Å². The van der Waals surface area contributed by atoms with E-state index in [-0.39, 0.29) is 0 Å². The molecule has 2 heterocycles. The predicted molar refractivity (Wildman–Crippen MR) is 52.4 cm³/mol. The van der Waals surface area contributed by atoms with Gasteiger partial charge in [-0.1, -0.05) is 0 Å². The van der Waals surface area contributed by atoms with Crippen LogP contribution in [0, 0.1) is 6.92 Å². The Morgan fingerprint density at radius 1 is 1.36 bits per heavy atom. The smallest absolute Gasteiger partial charge is 0.208 e. The summed E-state index contributed by atoms with van der Waals surface area (Å²) in [6, 6.07) is 3.77. The molecule has 0 saturated carbocycles. The van der Waals surface area contributed by atoms with Gasteiger partial charge in [-0.2, -0.15) is 0 Å². The van der Waals surface area contributed by atoms with E-state index in [2.05, 4.69) is 9.97 Å². The van der Waals surface area contributed by atoms with Crippen LogP contribution in [0.1, 0.15) is 11.6 Å². The van der Waals surface area contributed by atoms with Gasteiger partial charge in [0, 0.05) is 18.0 Å². The standard InChI is InChI=1S/C10H11N3O/c1-7-10(14-9(6-11)13-7)8-2-4-12-5-3-8/h2-5H,6,11H2,1H3. The first-order valence-corrected chi connectivity index (χ1v) is 4.38. The van der Waals surface area contributed by atoms with E-state index in [1.54, 1.807) is 12.4 Å². The van der Waals surface area contributed by atoms with Crippen molar-refractivity contribution < 1.29 is 4.42 Å². The molecule has 0 aliphatic heterocycles. The first-order chi connectivity index (χ1) is 6.81. The summed E-state index contributed by atoms with van der Waals surface area (Å²) in [6.45, 7) is 2.23. The molecule has 2 N–H and O–H groups in total. The summed E-state index contributed by atoms with van der Waals surface area (Å²) < 4.78 is 5.49. The quantitative estimate of drug-likeness (QED) is 0.777. The van der Waals surface area contributed by atoms with Crippen LogP contribution in [0.3, 0.4) is 0 Å². The van der Waals surface area contributed by atoms with Crippen LogP contribution in [0.2, 0.25) is 0 Å². The zero-order valence-electron chi connectivity index (χ0n) is 7.90. The molecule has 14 heavy (non-hydrogen) atoms. The Morgan fingerprint density at radius 2 is 2.07 bits per heavy atom. The molecule has 0 bridgehead atoms. The zero-order valence-corrected chi connectivity index (χ0v) is 7.90. The topological polar surface area (TPSA) is 64.9 Å². The molecule has 2 aromatic rings. The first-order valence-electron chi connectivity index (χ1n) is 4.38. The average molecular weight is 189 g/mol. The molecule has 0 amide bonds. The van der Waals surface area contributed by atoms with E-state index >= 15 is 0 Å². The largest absolute Gasteiger partial charge is 0.439 e. The Hall–Kier alpha value is -1.68. The number of nitrogens with two attached hydrogens (primary N) is 1. The van der Waals surface area contributed by atoms with E-state index in [0.717, 1.165) is 17.0 Å². The molecule has 2 aromatic heterocycles. The summed E-state index contributed by atoms with van der Waals surface area (Å²) in [5, 5.41) is 0. The molecule has 0 aliphatic rings. The Labute approximate surface area is 81.8 Å². The minimum atomic E-state index is 0.325. The lowest BCUT2D eigenvalue weighted by molar-refractivity contribution is 0.509. The van der Waals surface area contributed by atoms with Crippen LogP contribution in [0.15, 0.2) is 28.9 Å². The molecule has 4 heteroatoms. The Balaban J connectivity index is 2.46. The molecule has 0 aromatic carbocycles. The molecule has 0 radical (unpaired) electrons. The van der Waals surface area contributed by atoms with Gasteiger partial charge in [-0.3, -0.25) is 4.98 Å². The lowest BCUT2D eigenvalue weighted by atomic mass is 10.2. The Kier molecular flexibility index (Phi) is 2.28. The van der Waals surface area contributed by atoms with Crippen molar-refractivity contribution >= 4 is 0 Å². The summed E-state index contributed by atoms with van der Waals surface area (Å²) in [5.74, 6) is 1.34. The van der Waals surface area contributed by atoms with Crippen molar-refractivity contribution in [1.82, 2.24) is 9.97 Å². The number of aromatic nitrogens is 2. The van der Waals surface area contributed by atoms with E-state index in [9.17, 15) is 0 Å². The molecule has 2 rings (SSSR count). The maximum atomic E-state index is 5.49. The number of oxazole rings is 1. The van der Waals surface area contributed by atoms with Gasteiger partial charge in [0.15, 0.2) is 5.76 Å². The molecule has 0 unspecified atom stereocenters. The molecule has 0 fully saturated rings. The van der Waals surface area contributed by atoms with Gasteiger partial charge in [0.2, 0.25) is 5.89 Å². The Bertz CT molecular complexity index is 422. The van der Waals surface area contributed by atoms with E-state index in [0.29, 0.717) is 12.4 Å². The molecule has 72 valence electrons. The summed E-state index contributed by atoms with van der Waals surface area (Å²) in [7, 11) is 0. The molecular formula is C10H11N3O. The fourth-order valence-corrected chi connectivity index (χ4v) is 1.31. The third-order valence-corrected chi connectivity index (χ3v) is 1.96.